The standard InChI is InChI=1S/C21H30N6O3S/c1-21(2,3)13-8-15(10-16(9-13)31(4,29)30)25-19-17(18(23)28)11-24-20(26-19)27-7-5-6-14(22)12-27/h8-11,14H,5-7,12,22H2,1-4H3,(H2,23,28)(H,24,25,26)/t14-/m0/s1. The Morgan fingerprint density at radius 3 is 2.55 bits per heavy atom. The van der Waals surface area contributed by atoms with Crippen molar-refractivity contribution in [1.29, 1.82) is 0 Å². The second-order valence-electron chi connectivity index (χ2n) is 9.04. The van der Waals surface area contributed by atoms with Gasteiger partial charge in [0.2, 0.25) is 5.95 Å². The highest BCUT2D eigenvalue weighted by atomic mass is 32.2. The number of primary amides is 1. The number of benzene rings is 1. The van der Waals surface area contributed by atoms with E-state index in [1.165, 1.54) is 12.3 Å². The molecule has 1 amide bonds. The number of nitrogens with zero attached hydrogens (tertiary/aromatic N) is 3. The van der Waals surface area contributed by atoms with Gasteiger partial charge >= 0.3 is 0 Å². The molecule has 5 N–H and O–H groups in total. The Balaban J connectivity index is 2.06. The molecule has 0 saturated carbocycles. The fourth-order valence-corrected chi connectivity index (χ4v) is 4.13. The van der Waals surface area contributed by atoms with Crippen LogP contribution in [0.15, 0.2) is 29.3 Å². The Kier molecular flexibility index (Phi) is 6.24. The smallest absolute Gasteiger partial charge is 0.254 e. The van der Waals surface area contributed by atoms with Crippen LogP contribution in [0.3, 0.4) is 0 Å². The molecule has 0 aliphatic carbocycles. The summed E-state index contributed by atoms with van der Waals surface area (Å²) >= 11 is 0. The van der Waals surface area contributed by atoms with E-state index in [9.17, 15) is 13.2 Å². The van der Waals surface area contributed by atoms with Gasteiger partial charge in [0.05, 0.1) is 4.90 Å². The van der Waals surface area contributed by atoms with E-state index in [4.69, 9.17) is 11.5 Å². The van der Waals surface area contributed by atoms with Crippen molar-refractivity contribution in [2.75, 3.05) is 29.6 Å². The molecule has 1 aliphatic heterocycles. The van der Waals surface area contributed by atoms with Gasteiger partial charge in [-0.1, -0.05) is 20.8 Å². The van der Waals surface area contributed by atoms with Gasteiger partial charge in [0.15, 0.2) is 9.84 Å². The summed E-state index contributed by atoms with van der Waals surface area (Å²) in [7, 11) is -3.44. The van der Waals surface area contributed by atoms with Crippen LogP contribution in [0.4, 0.5) is 17.5 Å². The zero-order valence-electron chi connectivity index (χ0n) is 18.3. The minimum Gasteiger partial charge on any atom is -0.365 e. The van der Waals surface area contributed by atoms with Gasteiger partial charge in [-0.25, -0.2) is 13.4 Å². The summed E-state index contributed by atoms with van der Waals surface area (Å²) in [5, 5.41) is 3.10. The predicted octanol–water partition coefficient (Wildman–Crippen LogP) is 1.95. The molecule has 1 fully saturated rings. The first-order valence-corrected chi connectivity index (χ1v) is 12.0. The normalized spacial score (nSPS) is 17.5. The highest BCUT2D eigenvalue weighted by molar-refractivity contribution is 7.90. The lowest BCUT2D eigenvalue weighted by atomic mass is 9.87. The van der Waals surface area contributed by atoms with Crippen LogP contribution < -0.4 is 21.7 Å². The Morgan fingerprint density at radius 2 is 1.97 bits per heavy atom. The second-order valence-corrected chi connectivity index (χ2v) is 11.1. The Labute approximate surface area is 183 Å². The van der Waals surface area contributed by atoms with Gasteiger partial charge < -0.3 is 21.7 Å². The van der Waals surface area contributed by atoms with Crippen LogP contribution in [-0.2, 0) is 15.3 Å². The highest BCUT2D eigenvalue weighted by Gasteiger charge is 2.23. The molecule has 1 aliphatic rings. The molecule has 2 aromatic rings. The zero-order valence-corrected chi connectivity index (χ0v) is 19.2. The largest absolute Gasteiger partial charge is 0.365 e. The van der Waals surface area contributed by atoms with Gasteiger partial charge in [-0.15, -0.1) is 0 Å². The van der Waals surface area contributed by atoms with Crippen LogP contribution in [0.1, 0.15) is 49.5 Å². The van der Waals surface area contributed by atoms with Crippen molar-refractivity contribution >= 4 is 33.2 Å². The van der Waals surface area contributed by atoms with E-state index in [1.54, 1.807) is 6.07 Å². The number of sulfone groups is 1. The zero-order chi connectivity index (χ0) is 23.0. The van der Waals surface area contributed by atoms with E-state index in [1.807, 2.05) is 31.7 Å². The van der Waals surface area contributed by atoms with Crippen molar-refractivity contribution in [3.8, 4) is 0 Å². The summed E-state index contributed by atoms with van der Waals surface area (Å²) in [4.78, 5) is 23.0. The molecule has 1 atom stereocenters. The Morgan fingerprint density at radius 1 is 1.26 bits per heavy atom. The number of hydrogen-bond donors (Lipinski definition) is 3. The first-order valence-electron chi connectivity index (χ1n) is 10.1. The lowest BCUT2D eigenvalue weighted by Gasteiger charge is -2.31. The number of piperidine rings is 1. The molecule has 168 valence electrons. The predicted molar refractivity (Wildman–Crippen MR) is 122 cm³/mol. The van der Waals surface area contributed by atoms with Crippen molar-refractivity contribution in [3.63, 3.8) is 0 Å². The van der Waals surface area contributed by atoms with E-state index >= 15 is 0 Å². The molecule has 10 heteroatoms. The number of amides is 1. The monoisotopic (exact) mass is 446 g/mol. The minimum atomic E-state index is -3.44. The van der Waals surface area contributed by atoms with E-state index in [0.717, 1.165) is 31.2 Å². The molecule has 0 bridgehead atoms. The summed E-state index contributed by atoms with van der Waals surface area (Å²) in [5.74, 6) is -0.0141. The second kappa shape index (κ2) is 8.43. The number of aromatic nitrogens is 2. The van der Waals surface area contributed by atoms with Crippen LogP contribution in [0, 0.1) is 0 Å². The molecule has 1 aromatic carbocycles. The number of carbonyl (C=O) groups is 1. The number of nitrogens with two attached hydrogens (primary N) is 2. The van der Waals surface area contributed by atoms with Crippen LogP contribution in [0.2, 0.25) is 0 Å². The molecule has 0 unspecified atom stereocenters. The topological polar surface area (TPSA) is 144 Å². The van der Waals surface area contributed by atoms with Gasteiger partial charge in [0.1, 0.15) is 11.4 Å². The van der Waals surface area contributed by atoms with E-state index in [-0.39, 0.29) is 27.7 Å². The van der Waals surface area contributed by atoms with Crippen LogP contribution in [-0.4, -0.2) is 49.7 Å². The summed E-state index contributed by atoms with van der Waals surface area (Å²) in [6.45, 7) is 7.37. The third kappa shape index (κ3) is 5.50. The van der Waals surface area contributed by atoms with E-state index in [0.29, 0.717) is 18.2 Å². The van der Waals surface area contributed by atoms with E-state index in [2.05, 4.69) is 15.3 Å². The van der Waals surface area contributed by atoms with Gasteiger partial charge in [-0.3, -0.25) is 4.79 Å². The number of hydrogen-bond acceptors (Lipinski definition) is 8. The maximum absolute atomic E-state index is 12.2. The number of rotatable bonds is 5. The summed E-state index contributed by atoms with van der Waals surface area (Å²) in [5.41, 5.74) is 12.8. The molecule has 2 heterocycles. The lowest BCUT2D eigenvalue weighted by Crippen LogP contribution is -2.43. The molecular weight excluding hydrogens is 416 g/mol. The molecule has 1 saturated heterocycles. The Bertz CT molecular complexity index is 1090. The summed E-state index contributed by atoms with van der Waals surface area (Å²) < 4.78 is 24.5. The molecule has 1 aromatic heterocycles. The molecule has 3 rings (SSSR count). The van der Waals surface area contributed by atoms with E-state index < -0.39 is 15.7 Å². The first-order chi connectivity index (χ1) is 14.3. The maximum Gasteiger partial charge on any atom is 0.254 e. The average Bonchev–Trinajstić information content (AvgIpc) is 2.66. The minimum absolute atomic E-state index is 0.0327. The van der Waals surface area contributed by atoms with Crippen LogP contribution in [0.5, 0.6) is 0 Å². The fraction of sp³-hybridized carbons (Fsp3) is 0.476. The molecule has 9 nitrogen and oxygen atoms in total. The SMILES string of the molecule is CC(C)(C)c1cc(Nc2nc(N3CCC[C@H](N)C3)ncc2C(N)=O)cc(S(C)(=O)=O)c1. The van der Waals surface area contributed by atoms with Crippen molar-refractivity contribution in [3.05, 3.63) is 35.5 Å². The fourth-order valence-electron chi connectivity index (χ4n) is 3.45. The average molecular weight is 447 g/mol. The van der Waals surface area contributed by atoms with Gasteiger partial charge in [-0.2, -0.15) is 4.98 Å². The first kappa shape index (κ1) is 23.0. The quantitative estimate of drug-likeness (QED) is 0.632. The van der Waals surface area contributed by atoms with Crippen molar-refractivity contribution in [2.45, 2.75) is 50.0 Å². The molecule has 0 radical (unpaired) electrons. The number of nitrogens with one attached hydrogen (secondary N) is 1. The maximum atomic E-state index is 12.2. The third-order valence-corrected chi connectivity index (χ3v) is 6.34. The molecule has 31 heavy (non-hydrogen) atoms. The lowest BCUT2D eigenvalue weighted by molar-refractivity contribution is 0.100. The summed E-state index contributed by atoms with van der Waals surface area (Å²) in [6.07, 6.45) is 4.42. The van der Waals surface area contributed by atoms with Crippen molar-refractivity contribution < 1.29 is 13.2 Å². The molecular formula is C21H30N6O3S. The van der Waals surface area contributed by atoms with Gasteiger partial charge in [-0.05, 0) is 42.0 Å². The highest BCUT2D eigenvalue weighted by Crippen LogP contribution is 2.30. The Hall–Kier alpha value is -2.72. The third-order valence-electron chi connectivity index (χ3n) is 5.25. The van der Waals surface area contributed by atoms with Gasteiger partial charge in [0.25, 0.3) is 5.91 Å². The van der Waals surface area contributed by atoms with Crippen molar-refractivity contribution in [2.24, 2.45) is 11.5 Å². The van der Waals surface area contributed by atoms with Crippen molar-refractivity contribution in [1.82, 2.24) is 9.97 Å². The van der Waals surface area contributed by atoms with Gasteiger partial charge in [0, 0.05) is 37.3 Å². The van der Waals surface area contributed by atoms with Crippen LogP contribution >= 0.6 is 0 Å². The van der Waals surface area contributed by atoms with Crippen LogP contribution in [0.25, 0.3) is 0 Å². The number of anilines is 3. The number of carbonyl (C=O) groups excluding carboxylic acids is 1. The molecule has 0 spiro atoms. The summed E-state index contributed by atoms with van der Waals surface area (Å²) in [6, 6.07) is 5.06.